The van der Waals surface area contributed by atoms with Gasteiger partial charge in [-0.25, -0.2) is 0 Å². The molecule has 0 aromatic heterocycles. The van der Waals surface area contributed by atoms with Gasteiger partial charge in [-0.1, -0.05) is 58.4 Å². The zero-order chi connectivity index (χ0) is 14.8. The van der Waals surface area contributed by atoms with Crippen molar-refractivity contribution in [2.24, 2.45) is 5.41 Å². The molecule has 1 aliphatic carbocycles. The molecule has 1 nitrogen and oxygen atoms in total. The van der Waals surface area contributed by atoms with E-state index in [0.29, 0.717) is 23.4 Å². The Morgan fingerprint density at radius 3 is 2.20 bits per heavy atom. The van der Waals surface area contributed by atoms with E-state index in [-0.39, 0.29) is 0 Å². The molecule has 1 aromatic rings. The minimum atomic E-state index is 0.454. The second-order valence-electron chi connectivity index (χ2n) is 7.67. The highest BCUT2D eigenvalue weighted by Gasteiger charge is 2.28. The van der Waals surface area contributed by atoms with Gasteiger partial charge in [0.15, 0.2) is 0 Å². The Bertz CT molecular complexity index is 416. The molecule has 1 fully saturated rings. The van der Waals surface area contributed by atoms with Crippen LogP contribution in [0.2, 0.25) is 0 Å². The van der Waals surface area contributed by atoms with Crippen LogP contribution in [0.4, 0.5) is 0 Å². The summed E-state index contributed by atoms with van der Waals surface area (Å²) in [4.78, 5) is 0. The molecule has 1 heteroatoms. The molecule has 20 heavy (non-hydrogen) atoms. The SMILES string of the molecule is CC(C)c1ccc(C(C)NC2CCCC(C)(C)C2)cc1. The summed E-state index contributed by atoms with van der Waals surface area (Å²) < 4.78 is 0. The van der Waals surface area contributed by atoms with Crippen LogP contribution in [-0.2, 0) is 0 Å². The fourth-order valence-electron chi connectivity index (χ4n) is 3.46. The maximum Gasteiger partial charge on any atom is 0.0294 e. The molecule has 2 unspecified atom stereocenters. The third-order valence-electron chi connectivity index (χ3n) is 4.79. The van der Waals surface area contributed by atoms with Gasteiger partial charge >= 0.3 is 0 Å². The van der Waals surface area contributed by atoms with Crippen molar-refractivity contribution >= 4 is 0 Å². The van der Waals surface area contributed by atoms with E-state index >= 15 is 0 Å². The van der Waals surface area contributed by atoms with Crippen molar-refractivity contribution in [1.82, 2.24) is 5.32 Å². The Hall–Kier alpha value is -0.820. The molecular formula is C19H31N. The van der Waals surface area contributed by atoms with E-state index in [1.807, 2.05) is 0 Å². The topological polar surface area (TPSA) is 12.0 Å². The zero-order valence-electron chi connectivity index (χ0n) is 13.9. The highest BCUT2D eigenvalue weighted by Crippen LogP contribution is 2.36. The summed E-state index contributed by atoms with van der Waals surface area (Å²) in [5.41, 5.74) is 3.36. The summed E-state index contributed by atoms with van der Waals surface area (Å²) in [5, 5.41) is 3.84. The molecule has 0 radical (unpaired) electrons. The molecule has 1 N–H and O–H groups in total. The molecule has 0 aliphatic heterocycles. The fraction of sp³-hybridized carbons (Fsp3) is 0.684. The lowest BCUT2D eigenvalue weighted by molar-refractivity contribution is 0.191. The minimum Gasteiger partial charge on any atom is -0.307 e. The third kappa shape index (κ3) is 4.09. The number of benzene rings is 1. The van der Waals surface area contributed by atoms with Gasteiger partial charge in [0, 0.05) is 12.1 Å². The molecule has 1 aromatic carbocycles. The predicted octanol–water partition coefficient (Wildman–Crippen LogP) is 5.43. The largest absolute Gasteiger partial charge is 0.307 e. The summed E-state index contributed by atoms with van der Waals surface area (Å²) >= 11 is 0. The Labute approximate surface area is 125 Å². The monoisotopic (exact) mass is 273 g/mol. The van der Waals surface area contributed by atoms with E-state index in [4.69, 9.17) is 0 Å². The molecule has 0 saturated heterocycles. The average molecular weight is 273 g/mol. The lowest BCUT2D eigenvalue weighted by atomic mass is 9.75. The average Bonchev–Trinajstić information content (AvgIpc) is 2.37. The number of rotatable bonds is 4. The van der Waals surface area contributed by atoms with Gasteiger partial charge < -0.3 is 5.32 Å². The molecule has 0 spiro atoms. The minimum absolute atomic E-state index is 0.454. The molecule has 1 aliphatic rings. The standard InChI is InChI=1S/C19H31N/c1-14(2)16-8-10-17(11-9-16)15(3)20-18-7-6-12-19(4,5)13-18/h8-11,14-15,18,20H,6-7,12-13H2,1-5H3. The van der Waals surface area contributed by atoms with Gasteiger partial charge in [-0.15, -0.1) is 0 Å². The van der Waals surface area contributed by atoms with Gasteiger partial charge in [-0.3, -0.25) is 0 Å². The first-order valence-electron chi connectivity index (χ1n) is 8.23. The van der Waals surface area contributed by atoms with E-state index < -0.39 is 0 Å². The first kappa shape index (κ1) is 15.6. The van der Waals surface area contributed by atoms with E-state index in [9.17, 15) is 0 Å². The van der Waals surface area contributed by atoms with Gasteiger partial charge in [0.25, 0.3) is 0 Å². The Morgan fingerprint density at radius 2 is 1.65 bits per heavy atom. The van der Waals surface area contributed by atoms with Crippen LogP contribution in [0.25, 0.3) is 0 Å². The molecule has 112 valence electrons. The van der Waals surface area contributed by atoms with Gasteiger partial charge in [0.1, 0.15) is 0 Å². The second kappa shape index (κ2) is 6.30. The third-order valence-corrected chi connectivity index (χ3v) is 4.79. The van der Waals surface area contributed by atoms with Crippen LogP contribution in [0.5, 0.6) is 0 Å². The normalized spacial score (nSPS) is 23.8. The lowest BCUT2D eigenvalue weighted by Crippen LogP contribution is -2.38. The molecule has 1 saturated carbocycles. The Balaban J connectivity index is 1.95. The van der Waals surface area contributed by atoms with Gasteiger partial charge in [0.05, 0.1) is 0 Å². The first-order valence-corrected chi connectivity index (χ1v) is 8.23. The van der Waals surface area contributed by atoms with Crippen LogP contribution in [0, 0.1) is 5.41 Å². The van der Waals surface area contributed by atoms with E-state index in [0.717, 1.165) is 0 Å². The van der Waals surface area contributed by atoms with E-state index in [2.05, 4.69) is 64.2 Å². The van der Waals surface area contributed by atoms with Gasteiger partial charge in [-0.2, -0.15) is 0 Å². The van der Waals surface area contributed by atoms with Crippen molar-refractivity contribution in [2.75, 3.05) is 0 Å². The van der Waals surface area contributed by atoms with E-state index in [1.165, 1.54) is 36.8 Å². The number of nitrogens with one attached hydrogen (secondary N) is 1. The highest BCUT2D eigenvalue weighted by atomic mass is 14.9. The number of hydrogen-bond acceptors (Lipinski definition) is 1. The van der Waals surface area contributed by atoms with E-state index in [1.54, 1.807) is 0 Å². The second-order valence-corrected chi connectivity index (χ2v) is 7.67. The smallest absolute Gasteiger partial charge is 0.0294 e. The summed E-state index contributed by atoms with van der Waals surface area (Å²) in [5.74, 6) is 0.617. The summed E-state index contributed by atoms with van der Waals surface area (Å²) in [6.07, 6.45) is 5.38. The first-order chi connectivity index (χ1) is 9.37. The maximum absolute atomic E-state index is 3.84. The lowest BCUT2D eigenvalue weighted by Gasteiger charge is -2.37. The van der Waals surface area contributed by atoms with Crippen molar-refractivity contribution < 1.29 is 0 Å². The Kier molecular flexibility index (Phi) is 4.90. The van der Waals surface area contributed by atoms with Crippen LogP contribution in [0.15, 0.2) is 24.3 Å². The fourth-order valence-corrected chi connectivity index (χ4v) is 3.46. The van der Waals surface area contributed by atoms with Crippen LogP contribution < -0.4 is 5.32 Å². The molecule has 2 atom stereocenters. The summed E-state index contributed by atoms with van der Waals surface area (Å²) in [6, 6.07) is 10.3. The summed E-state index contributed by atoms with van der Waals surface area (Å²) in [7, 11) is 0. The van der Waals surface area contributed by atoms with Crippen LogP contribution in [0.1, 0.15) is 83.4 Å². The molecule has 0 heterocycles. The highest BCUT2D eigenvalue weighted by molar-refractivity contribution is 5.26. The van der Waals surface area contributed by atoms with Crippen molar-refractivity contribution in [3.05, 3.63) is 35.4 Å². The molecular weight excluding hydrogens is 242 g/mol. The van der Waals surface area contributed by atoms with Gasteiger partial charge in [-0.05, 0) is 48.6 Å². The van der Waals surface area contributed by atoms with Crippen LogP contribution >= 0.6 is 0 Å². The van der Waals surface area contributed by atoms with Crippen LogP contribution in [0.3, 0.4) is 0 Å². The van der Waals surface area contributed by atoms with Crippen LogP contribution in [-0.4, -0.2) is 6.04 Å². The van der Waals surface area contributed by atoms with Gasteiger partial charge in [0.2, 0.25) is 0 Å². The van der Waals surface area contributed by atoms with Crippen molar-refractivity contribution in [1.29, 1.82) is 0 Å². The Morgan fingerprint density at radius 1 is 1.05 bits per heavy atom. The quantitative estimate of drug-likeness (QED) is 0.771. The maximum atomic E-state index is 3.84. The molecule has 2 rings (SSSR count). The van der Waals surface area contributed by atoms with Crippen molar-refractivity contribution in [3.8, 4) is 0 Å². The zero-order valence-corrected chi connectivity index (χ0v) is 13.9. The van der Waals surface area contributed by atoms with Crippen molar-refractivity contribution in [2.45, 2.75) is 78.3 Å². The summed E-state index contributed by atoms with van der Waals surface area (Å²) in [6.45, 7) is 11.6. The predicted molar refractivity (Wildman–Crippen MR) is 88.1 cm³/mol. The van der Waals surface area contributed by atoms with Crippen molar-refractivity contribution in [3.63, 3.8) is 0 Å². The molecule has 0 amide bonds. The molecule has 0 bridgehead atoms. The number of hydrogen-bond donors (Lipinski definition) is 1.